The zero-order valence-electron chi connectivity index (χ0n) is 12.5. The Morgan fingerprint density at radius 3 is 2.64 bits per heavy atom. The summed E-state index contributed by atoms with van der Waals surface area (Å²) in [5.74, 6) is 0.222. The van der Waals surface area contributed by atoms with Crippen molar-refractivity contribution < 1.29 is 14.3 Å². The van der Waals surface area contributed by atoms with Crippen LogP contribution in [0.3, 0.4) is 0 Å². The molecule has 1 N–H and O–H groups in total. The van der Waals surface area contributed by atoms with Crippen LogP contribution in [0.15, 0.2) is 53.4 Å². The number of amides is 1. The smallest absolute Gasteiger partial charge is 0.262 e. The van der Waals surface area contributed by atoms with Crippen LogP contribution in [0, 0.1) is 0 Å². The third-order valence-electron chi connectivity index (χ3n) is 2.99. The summed E-state index contributed by atoms with van der Waals surface area (Å²) in [6.45, 7) is 1.38. The van der Waals surface area contributed by atoms with E-state index in [1.165, 1.54) is 6.92 Å². The van der Waals surface area contributed by atoms with Crippen LogP contribution in [0.2, 0.25) is 0 Å². The minimum atomic E-state index is -0.241. The molecule has 1 amide bonds. The largest absolute Gasteiger partial charge is 0.484 e. The first-order valence-electron chi connectivity index (χ1n) is 6.77. The van der Waals surface area contributed by atoms with E-state index in [-0.39, 0.29) is 18.3 Å². The summed E-state index contributed by atoms with van der Waals surface area (Å²) in [7, 11) is 0. The van der Waals surface area contributed by atoms with Gasteiger partial charge in [-0.1, -0.05) is 24.3 Å². The first-order valence-corrected chi connectivity index (χ1v) is 7.99. The molecule has 0 aliphatic carbocycles. The van der Waals surface area contributed by atoms with E-state index in [2.05, 4.69) is 5.32 Å². The van der Waals surface area contributed by atoms with Gasteiger partial charge in [-0.05, 0) is 37.4 Å². The molecule has 0 aliphatic rings. The van der Waals surface area contributed by atoms with E-state index in [9.17, 15) is 9.59 Å². The van der Waals surface area contributed by atoms with E-state index in [1.54, 1.807) is 36.0 Å². The average molecular weight is 315 g/mol. The van der Waals surface area contributed by atoms with E-state index >= 15 is 0 Å². The van der Waals surface area contributed by atoms with E-state index in [0.29, 0.717) is 11.3 Å². The molecule has 5 heteroatoms. The van der Waals surface area contributed by atoms with Crippen molar-refractivity contribution in [3.63, 3.8) is 0 Å². The molecule has 0 spiro atoms. The second kappa shape index (κ2) is 7.66. The van der Waals surface area contributed by atoms with Gasteiger partial charge in [0.15, 0.2) is 12.4 Å². The van der Waals surface area contributed by atoms with E-state index in [0.717, 1.165) is 10.6 Å². The Morgan fingerprint density at radius 1 is 1.14 bits per heavy atom. The van der Waals surface area contributed by atoms with Crippen molar-refractivity contribution in [2.24, 2.45) is 0 Å². The maximum atomic E-state index is 12.0. The highest BCUT2D eigenvalue weighted by Gasteiger charge is 2.07. The number of anilines is 1. The summed E-state index contributed by atoms with van der Waals surface area (Å²) >= 11 is 1.56. The van der Waals surface area contributed by atoms with Gasteiger partial charge in [0.05, 0.1) is 5.69 Å². The molecule has 0 heterocycles. The molecule has 22 heavy (non-hydrogen) atoms. The quantitative estimate of drug-likeness (QED) is 0.653. The second-order valence-electron chi connectivity index (χ2n) is 4.62. The molecule has 0 fully saturated rings. The monoisotopic (exact) mass is 315 g/mol. The standard InChI is InChI=1S/C17H17NO3S/c1-12(19)13-6-5-7-14(10-13)21-11-17(20)18-15-8-3-4-9-16(15)22-2/h3-10H,11H2,1-2H3,(H,18,20). The first kappa shape index (κ1) is 16.1. The maximum absolute atomic E-state index is 12.0. The molecule has 0 aliphatic heterocycles. The van der Waals surface area contributed by atoms with Crippen LogP contribution in [0.25, 0.3) is 0 Å². The van der Waals surface area contributed by atoms with Crippen LogP contribution in [0.1, 0.15) is 17.3 Å². The van der Waals surface area contributed by atoms with Crippen molar-refractivity contribution in [3.05, 3.63) is 54.1 Å². The third-order valence-corrected chi connectivity index (χ3v) is 3.79. The van der Waals surface area contributed by atoms with Crippen molar-refractivity contribution in [1.29, 1.82) is 0 Å². The number of rotatable bonds is 6. The number of carbonyl (C=O) groups excluding carboxylic acids is 2. The van der Waals surface area contributed by atoms with Crippen LogP contribution >= 0.6 is 11.8 Å². The van der Waals surface area contributed by atoms with Gasteiger partial charge in [0.1, 0.15) is 5.75 Å². The van der Waals surface area contributed by atoms with Gasteiger partial charge < -0.3 is 10.1 Å². The van der Waals surface area contributed by atoms with Gasteiger partial charge >= 0.3 is 0 Å². The zero-order valence-corrected chi connectivity index (χ0v) is 13.3. The Hall–Kier alpha value is -2.27. The molecule has 0 saturated heterocycles. The van der Waals surface area contributed by atoms with Crippen molar-refractivity contribution in [2.45, 2.75) is 11.8 Å². The highest BCUT2D eigenvalue weighted by atomic mass is 32.2. The van der Waals surface area contributed by atoms with Crippen LogP contribution < -0.4 is 10.1 Å². The predicted octanol–water partition coefficient (Wildman–Crippen LogP) is 3.63. The minimum absolute atomic E-state index is 0.0381. The van der Waals surface area contributed by atoms with Crippen molar-refractivity contribution in [2.75, 3.05) is 18.2 Å². The predicted molar refractivity (Wildman–Crippen MR) is 88.8 cm³/mol. The Labute approximate surface area is 133 Å². The molecule has 2 aromatic carbocycles. The molecular weight excluding hydrogens is 298 g/mol. The Bertz CT molecular complexity index is 685. The van der Waals surface area contributed by atoms with E-state index < -0.39 is 0 Å². The van der Waals surface area contributed by atoms with Crippen LogP contribution in [0.5, 0.6) is 5.75 Å². The molecule has 0 radical (unpaired) electrons. The maximum Gasteiger partial charge on any atom is 0.262 e. The van der Waals surface area contributed by atoms with Crippen molar-refractivity contribution >= 4 is 29.1 Å². The van der Waals surface area contributed by atoms with Gasteiger partial charge in [-0.3, -0.25) is 9.59 Å². The van der Waals surface area contributed by atoms with Crippen LogP contribution in [0.4, 0.5) is 5.69 Å². The van der Waals surface area contributed by atoms with Gasteiger partial charge in [0.25, 0.3) is 5.91 Å². The number of hydrogen-bond donors (Lipinski definition) is 1. The number of ketones is 1. The normalized spacial score (nSPS) is 10.1. The number of ether oxygens (including phenoxy) is 1. The van der Waals surface area contributed by atoms with Gasteiger partial charge in [-0.2, -0.15) is 0 Å². The summed E-state index contributed by atoms with van der Waals surface area (Å²) < 4.78 is 5.43. The summed E-state index contributed by atoms with van der Waals surface area (Å²) in [4.78, 5) is 24.3. The Balaban J connectivity index is 1.95. The lowest BCUT2D eigenvalue weighted by Gasteiger charge is -2.10. The fourth-order valence-corrected chi connectivity index (χ4v) is 2.44. The Morgan fingerprint density at radius 2 is 1.91 bits per heavy atom. The molecule has 0 aromatic heterocycles. The molecule has 114 valence electrons. The lowest BCUT2D eigenvalue weighted by Crippen LogP contribution is -2.20. The average Bonchev–Trinajstić information content (AvgIpc) is 2.53. The minimum Gasteiger partial charge on any atom is -0.484 e. The number of thioether (sulfide) groups is 1. The summed E-state index contributed by atoms with van der Waals surface area (Å²) in [6, 6.07) is 14.4. The first-order chi connectivity index (χ1) is 10.6. The zero-order chi connectivity index (χ0) is 15.9. The lowest BCUT2D eigenvalue weighted by molar-refractivity contribution is -0.118. The van der Waals surface area contributed by atoms with Gasteiger partial charge in [0, 0.05) is 10.5 Å². The highest BCUT2D eigenvalue weighted by Crippen LogP contribution is 2.24. The fourth-order valence-electron chi connectivity index (χ4n) is 1.89. The van der Waals surface area contributed by atoms with Gasteiger partial charge in [-0.15, -0.1) is 11.8 Å². The molecule has 0 atom stereocenters. The molecule has 0 saturated carbocycles. The lowest BCUT2D eigenvalue weighted by atomic mass is 10.1. The van der Waals surface area contributed by atoms with Gasteiger partial charge in [0.2, 0.25) is 0 Å². The number of carbonyl (C=O) groups is 2. The SMILES string of the molecule is CSc1ccccc1NC(=O)COc1cccc(C(C)=O)c1. The van der Waals surface area contributed by atoms with Crippen LogP contribution in [-0.4, -0.2) is 24.6 Å². The molecule has 2 aromatic rings. The number of benzene rings is 2. The number of hydrogen-bond acceptors (Lipinski definition) is 4. The number of para-hydroxylation sites is 1. The molecule has 0 bridgehead atoms. The molecular formula is C17H17NO3S. The van der Waals surface area contributed by atoms with Crippen molar-refractivity contribution in [1.82, 2.24) is 0 Å². The van der Waals surface area contributed by atoms with Gasteiger partial charge in [-0.25, -0.2) is 0 Å². The third kappa shape index (κ3) is 4.36. The van der Waals surface area contributed by atoms with Crippen molar-refractivity contribution in [3.8, 4) is 5.75 Å². The summed E-state index contributed by atoms with van der Waals surface area (Å²) in [6.07, 6.45) is 1.95. The Kier molecular flexibility index (Phi) is 5.61. The fraction of sp³-hybridized carbons (Fsp3) is 0.176. The molecule has 4 nitrogen and oxygen atoms in total. The highest BCUT2D eigenvalue weighted by molar-refractivity contribution is 7.98. The topological polar surface area (TPSA) is 55.4 Å². The summed E-state index contributed by atoms with van der Waals surface area (Å²) in [5, 5.41) is 2.82. The van der Waals surface area contributed by atoms with E-state index in [1.807, 2.05) is 30.5 Å². The van der Waals surface area contributed by atoms with E-state index in [4.69, 9.17) is 4.74 Å². The molecule has 2 rings (SSSR count). The number of nitrogens with one attached hydrogen (secondary N) is 1. The second-order valence-corrected chi connectivity index (χ2v) is 5.47. The summed E-state index contributed by atoms with van der Waals surface area (Å²) in [5.41, 5.74) is 1.33. The molecule has 0 unspecified atom stereocenters. The van der Waals surface area contributed by atoms with Crippen LogP contribution in [-0.2, 0) is 4.79 Å². The number of Topliss-reactive ketones (excluding diaryl/α,β-unsaturated/α-hetero) is 1.